The van der Waals surface area contributed by atoms with E-state index in [1.165, 1.54) is 6.07 Å². The highest BCUT2D eigenvalue weighted by Crippen LogP contribution is 2.31. The summed E-state index contributed by atoms with van der Waals surface area (Å²) in [6.45, 7) is 0. The zero-order chi connectivity index (χ0) is 15.7. The molecule has 0 unspecified atom stereocenters. The molecule has 2 rings (SSSR count). The van der Waals surface area contributed by atoms with E-state index in [0.717, 1.165) is 31.4 Å². The van der Waals surface area contributed by atoms with Crippen molar-refractivity contribution in [3.05, 3.63) is 29.0 Å². The molecule has 0 saturated heterocycles. The Balaban J connectivity index is 2.39. The Morgan fingerprint density at radius 2 is 1.95 bits per heavy atom. The molecule has 1 fully saturated rings. The molecule has 3 N–H and O–H groups in total. The average Bonchev–Trinajstić information content (AvgIpc) is 2.42. The van der Waals surface area contributed by atoms with Crippen molar-refractivity contribution in [2.75, 3.05) is 0 Å². The van der Waals surface area contributed by atoms with Crippen LogP contribution in [0, 0.1) is 5.82 Å². The van der Waals surface area contributed by atoms with Gasteiger partial charge in [-0.15, -0.1) is 0 Å². The number of benzene rings is 1. The molecule has 0 radical (unpaired) electrons. The number of rotatable bonds is 4. The molecular formula is C13H16ClFN2O2S2. The fourth-order valence-electron chi connectivity index (χ4n) is 2.55. The first-order chi connectivity index (χ1) is 9.77. The van der Waals surface area contributed by atoms with E-state index in [0.29, 0.717) is 12.8 Å². The minimum atomic E-state index is -4.01. The fraction of sp³-hybridized carbons (Fsp3) is 0.462. The molecule has 1 aliphatic rings. The lowest BCUT2D eigenvalue weighted by molar-refractivity contribution is 0.353. The van der Waals surface area contributed by atoms with Gasteiger partial charge in [-0.05, 0) is 31.0 Å². The van der Waals surface area contributed by atoms with Crippen molar-refractivity contribution in [3.8, 4) is 0 Å². The summed E-state index contributed by atoms with van der Waals surface area (Å²) in [4.78, 5) is -0.191. The van der Waals surface area contributed by atoms with Crippen molar-refractivity contribution < 1.29 is 12.8 Å². The number of hydrogen-bond acceptors (Lipinski definition) is 3. The predicted octanol–water partition coefficient (Wildman–Crippen LogP) is 2.75. The molecule has 1 saturated carbocycles. The molecule has 0 heterocycles. The largest absolute Gasteiger partial charge is 0.392 e. The molecule has 0 atom stereocenters. The fourth-order valence-corrected chi connectivity index (χ4v) is 4.82. The van der Waals surface area contributed by atoms with Crippen LogP contribution in [0.4, 0.5) is 4.39 Å². The number of halogens is 2. The van der Waals surface area contributed by atoms with Gasteiger partial charge in [0.2, 0.25) is 10.0 Å². The summed E-state index contributed by atoms with van der Waals surface area (Å²) in [6.07, 6.45) is 3.74. The molecule has 0 spiro atoms. The van der Waals surface area contributed by atoms with Gasteiger partial charge in [-0.1, -0.05) is 43.1 Å². The lowest BCUT2D eigenvalue weighted by Gasteiger charge is -2.36. The van der Waals surface area contributed by atoms with Gasteiger partial charge in [0.15, 0.2) is 0 Å². The maximum atomic E-state index is 13.3. The second-order valence-corrected chi connectivity index (χ2v) is 7.69. The van der Waals surface area contributed by atoms with Gasteiger partial charge in [0.1, 0.15) is 10.7 Å². The van der Waals surface area contributed by atoms with Gasteiger partial charge in [0.25, 0.3) is 0 Å². The summed E-state index contributed by atoms with van der Waals surface area (Å²) in [5.41, 5.74) is 4.80. The van der Waals surface area contributed by atoms with E-state index in [1.807, 2.05) is 0 Å². The van der Waals surface area contributed by atoms with Crippen molar-refractivity contribution in [1.29, 1.82) is 0 Å². The van der Waals surface area contributed by atoms with E-state index in [2.05, 4.69) is 4.72 Å². The van der Waals surface area contributed by atoms with Crippen molar-refractivity contribution >= 4 is 38.8 Å². The number of nitrogens with one attached hydrogen (secondary N) is 1. The number of sulfonamides is 1. The molecular weight excluding hydrogens is 335 g/mol. The van der Waals surface area contributed by atoms with E-state index in [4.69, 9.17) is 29.6 Å². The first-order valence-electron chi connectivity index (χ1n) is 6.56. The topological polar surface area (TPSA) is 72.2 Å². The predicted molar refractivity (Wildman–Crippen MR) is 84.3 cm³/mol. The molecule has 8 heteroatoms. The van der Waals surface area contributed by atoms with Crippen LogP contribution in [0.5, 0.6) is 0 Å². The highest BCUT2D eigenvalue weighted by atomic mass is 35.5. The quantitative estimate of drug-likeness (QED) is 0.819. The summed E-state index contributed by atoms with van der Waals surface area (Å²) in [7, 11) is -4.01. The molecule has 0 amide bonds. The minimum Gasteiger partial charge on any atom is -0.392 e. The van der Waals surface area contributed by atoms with Gasteiger partial charge in [0, 0.05) is 0 Å². The second kappa shape index (κ2) is 6.16. The Kier molecular flexibility index (Phi) is 4.87. The highest BCUT2D eigenvalue weighted by Gasteiger charge is 2.39. The van der Waals surface area contributed by atoms with E-state index in [1.54, 1.807) is 0 Å². The monoisotopic (exact) mass is 350 g/mol. The van der Waals surface area contributed by atoms with Crippen molar-refractivity contribution in [2.24, 2.45) is 5.73 Å². The lowest BCUT2D eigenvalue weighted by atomic mass is 9.82. The third-order valence-electron chi connectivity index (χ3n) is 3.69. The third kappa shape index (κ3) is 3.53. The first-order valence-corrected chi connectivity index (χ1v) is 8.83. The minimum absolute atomic E-state index is 0.0437. The molecule has 116 valence electrons. The van der Waals surface area contributed by atoms with Crippen LogP contribution in [0.15, 0.2) is 23.1 Å². The molecule has 1 aromatic rings. The van der Waals surface area contributed by atoms with Crippen molar-refractivity contribution in [2.45, 2.75) is 42.5 Å². The Labute approximate surface area is 133 Å². The summed E-state index contributed by atoms with van der Waals surface area (Å²) < 4.78 is 40.9. The number of nitrogens with two attached hydrogens (primary N) is 1. The van der Waals surface area contributed by atoms with Crippen molar-refractivity contribution in [3.63, 3.8) is 0 Å². The average molecular weight is 351 g/mol. The third-order valence-corrected chi connectivity index (χ3v) is 6.10. The van der Waals surface area contributed by atoms with Gasteiger partial charge in [0.05, 0.1) is 15.6 Å². The molecule has 0 aromatic heterocycles. The molecule has 0 bridgehead atoms. The van der Waals surface area contributed by atoms with Crippen LogP contribution in [-0.2, 0) is 10.0 Å². The van der Waals surface area contributed by atoms with Crippen LogP contribution in [-0.4, -0.2) is 18.9 Å². The van der Waals surface area contributed by atoms with Gasteiger partial charge in [-0.25, -0.2) is 12.8 Å². The molecule has 0 aliphatic heterocycles. The van der Waals surface area contributed by atoms with Crippen LogP contribution in [0.1, 0.15) is 32.1 Å². The lowest BCUT2D eigenvalue weighted by Crippen LogP contribution is -2.57. The second-order valence-electron chi connectivity index (χ2n) is 5.19. The maximum Gasteiger partial charge on any atom is 0.243 e. The summed E-state index contributed by atoms with van der Waals surface area (Å²) in [5.74, 6) is -0.673. The standard InChI is InChI=1S/C13H16ClFN2O2S2/c14-10-5-4-9(15)8-11(10)21(18,19)17-13(12(16)20)6-2-1-3-7-13/h4-5,8,17H,1-3,6-7H2,(H2,16,20). The van der Waals surface area contributed by atoms with E-state index in [9.17, 15) is 12.8 Å². The van der Waals surface area contributed by atoms with E-state index < -0.39 is 21.4 Å². The van der Waals surface area contributed by atoms with Crippen molar-refractivity contribution in [1.82, 2.24) is 4.72 Å². The number of thiocarbonyl (C=S) groups is 1. The molecule has 1 aliphatic carbocycles. The van der Waals surface area contributed by atoms with Crippen LogP contribution >= 0.6 is 23.8 Å². The highest BCUT2D eigenvalue weighted by molar-refractivity contribution is 7.89. The van der Waals surface area contributed by atoms with Gasteiger partial charge < -0.3 is 5.73 Å². The number of hydrogen-bond donors (Lipinski definition) is 2. The first kappa shape index (κ1) is 16.6. The van der Waals surface area contributed by atoms with Crippen LogP contribution < -0.4 is 10.5 Å². The normalized spacial score (nSPS) is 18.4. The Morgan fingerprint density at radius 3 is 2.52 bits per heavy atom. The molecule has 1 aromatic carbocycles. The SMILES string of the molecule is NC(=S)C1(NS(=O)(=O)c2cc(F)ccc2Cl)CCCCC1. The Bertz CT molecular complexity index is 658. The molecule has 4 nitrogen and oxygen atoms in total. The van der Waals surface area contributed by atoms with E-state index in [-0.39, 0.29) is 14.9 Å². The van der Waals surface area contributed by atoms with Gasteiger partial charge in [-0.3, -0.25) is 0 Å². The van der Waals surface area contributed by atoms with Gasteiger partial charge >= 0.3 is 0 Å². The summed E-state index contributed by atoms with van der Waals surface area (Å²) in [5, 5.41) is -0.0437. The van der Waals surface area contributed by atoms with E-state index >= 15 is 0 Å². The Morgan fingerprint density at radius 1 is 1.33 bits per heavy atom. The van der Waals surface area contributed by atoms with Crippen LogP contribution in [0.3, 0.4) is 0 Å². The van der Waals surface area contributed by atoms with Crippen LogP contribution in [0.25, 0.3) is 0 Å². The van der Waals surface area contributed by atoms with Gasteiger partial charge in [-0.2, -0.15) is 4.72 Å². The Hall–Kier alpha value is -0.760. The van der Waals surface area contributed by atoms with Crippen LogP contribution in [0.2, 0.25) is 5.02 Å². The molecule has 21 heavy (non-hydrogen) atoms. The summed E-state index contributed by atoms with van der Waals surface area (Å²) >= 11 is 10.9. The zero-order valence-corrected chi connectivity index (χ0v) is 13.6. The maximum absolute atomic E-state index is 13.3. The zero-order valence-electron chi connectivity index (χ0n) is 11.2. The summed E-state index contributed by atoms with van der Waals surface area (Å²) in [6, 6.07) is 3.20. The smallest absolute Gasteiger partial charge is 0.243 e.